The van der Waals surface area contributed by atoms with E-state index in [4.69, 9.17) is 4.74 Å². The SMILES string of the molecule is COc1cccc(-c2nc(SCC(=O)N3CCc4ccccc43)c3c(=O)n(C)c(=O)n(C)c3n2)c1. The molecule has 0 atom stereocenters. The number of hydrogen-bond donors (Lipinski definition) is 0. The van der Waals surface area contributed by atoms with Crippen molar-refractivity contribution in [1.82, 2.24) is 19.1 Å². The predicted molar refractivity (Wildman–Crippen MR) is 135 cm³/mol. The van der Waals surface area contributed by atoms with E-state index in [1.807, 2.05) is 36.4 Å². The fourth-order valence-electron chi connectivity index (χ4n) is 4.23. The molecule has 0 bridgehead atoms. The number of carbonyl (C=O) groups excluding carboxylic acids is 1. The number of benzene rings is 2. The van der Waals surface area contributed by atoms with E-state index in [0.717, 1.165) is 22.2 Å². The molecule has 35 heavy (non-hydrogen) atoms. The van der Waals surface area contributed by atoms with E-state index >= 15 is 0 Å². The normalized spacial score (nSPS) is 12.7. The molecule has 1 amide bonds. The number of ether oxygens (including phenoxy) is 1. The molecule has 0 spiro atoms. The van der Waals surface area contributed by atoms with Crippen molar-refractivity contribution in [2.24, 2.45) is 14.1 Å². The molecule has 0 saturated carbocycles. The quantitative estimate of drug-likeness (QED) is 0.314. The molecule has 2 aromatic carbocycles. The van der Waals surface area contributed by atoms with E-state index in [0.29, 0.717) is 28.7 Å². The highest BCUT2D eigenvalue weighted by atomic mass is 32.2. The first-order valence-electron chi connectivity index (χ1n) is 11.0. The van der Waals surface area contributed by atoms with E-state index in [1.165, 1.54) is 23.4 Å². The van der Waals surface area contributed by atoms with Crippen LogP contribution in [0.3, 0.4) is 0 Å². The number of methoxy groups -OCH3 is 1. The number of fused-ring (bicyclic) bond motifs is 2. The summed E-state index contributed by atoms with van der Waals surface area (Å²) in [7, 11) is 4.55. The number of anilines is 1. The fraction of sp³-hybridized carbons (Fsp3) is 0.240. The summed E-state index contributed by atoms with van der Waals surface area (Å²) in [5.74, 6) is 0.975. The van der Waals surface area contributed by atoms with Crippen molar-refractivity contribution in [1.29, 1.82) is 0 Å². The van der Waals surface area contributed by atoms with Gasteiger partial charge in [-0.05, 0) is 30.2 Å². The second-order valence-corrected chi connectivity index (χ2v) is 9.17. The Morgan fingerprint density at radius 2 is 1.86 bits per heavy atom. The fourth-order valence-corrected chi connectivity index (χ4v) is 5.12. The third kappa shape index (κ3) is 3.99. The number of aryl methyl sites for hydroxylation is 1. The van der Waals surface area contributed by atoms with Crippen molar-refractivity contribution >= 4 is 34.4 Å². The van der Waals surface area contributed by atoms with Gasteiger partial charge in [0.2, 0.25) is 5.91 Å². The maximum atomic E-state index is 13.1. The molecule has 1 aliphatic rings. The van der Waals surface area contributed by atoms with Gasteiger partial charge in [-0.1, -0.05) is 42.1 Å². The standard InChI is InChI=1S/C25H23N5O4S/c1-28-22-20(24(32)29(2)25(28)33)23(27-21(26-22)16-8-6-9-17(13-16)34-3)35-14-19(31)30-12-11-15-7-4-5-10-18(15)30/h4-10,13H,11-12,14H2,1-3H3. The van der Waals surface area contributed by atoms with Crippen molar-refractivity contribution in [2.45, 2.75) is 11.4 Å². The molecule has 3 heterocycles. The van der Waals surface area contributed by atoms with Crippen LogP contribution in [-0.2, 0) is 25.3 Å². The zero-order chi connectivity index (χ0) is 24.7. The van der Waals surface area contributed by atoms with Gasteiger partial charge in [0.15, 0.2) is 11.5 Å². The average molecular weight is 490 g/mol. The Morgan fingerprint density at radius 3 is 2.66 bits per heavy atom. The van der Waals surface area contributed by atoms with Gasteiger partial charge in [0.05, 0.1) is 12.9 Å². The molecule has 0 unspecified atom stereocenters. The maximum Gasteiger partial charge on any atom is 0.332 e. The molecule has 0 N–H and O–H groups in total. The topological polar surface area (TPSA) is 99.3 Å². The molecule has 178 valence electrons. The molecule has 0 saturated heterocycles. The molecule has 4 aromatic rings. The van der Waals surface area contributed by atoms with E-state index in [9.17, 15) is 14.4 Å². The largest absolute Gasteiger partial charge is 0.497 e. The Balaban J connectivity index is 1.58. The van der Waals surface area contributed by atoms with Crippen LogP contribution >= 0.6 is 11.8 Å². The lowest BCUT2D eigenvalue weighted by atomic mass is 10.2. The van der Waals surface area contributed by atoms with Crippen LogP contribution in [-0.4, -0.2) is 44.4 Å². The lowest BCUT2D eigenvalue weighted by Gasteiger charge is -2.17. The van der Waals surface area contributed by atoms with Gasteiger partial charge in [0, 0.05) is 31.9 Å². The summed E-state index contributed by atoms with van der Waals surface area (Å²) >= 11 is 1.17. The first kappa shape index (κ1) is 22.9. The minimum absolute atomic E-state index is 0.0729. The van der Waals surface area contributed by atoms with Gasteiger partial charge in [-0.25, -0.2) is 14.8 Å². The number of aromatic nitrogens is 4. The first-order valence-corrected chi connectivity index (χ1v) is 12.0. The molecule has 2 aromatic heterocycles. The van der Waals surface area contributed by atoms with Crippen LogP contribution in [0.15, 0.2) is 63.1 Å². The summed E-state index contributed by atoms with van der Waals surface area (Å²) < 4.78 is 7.67. The summed E-state index contributed by atoms with van der Waals surface area (Å²) in [6.07, 6.45) is 0.811. The van der Waals surface area contributed by atoms with Gasteiger partial charge >= 0.3 is 5.69 Å². The van der Waals surface area contributed by atoms with Gasteiger partial charge in [-0.2, -0.15) is 0 Å². The van der Waals surface area contributed by atoms with Crippen molar-refractivity contribution in [3.05, 3.63) is 74.9 Å². The second kappa shape index (κ2) is 9.03. The highest BCUT2D eigenvalue weighted by Crippen LogP contribution is 2.31. The van der Waals surface area contributed by atoms with Gasteiger partial charge in [0.25, 0.3) is 5.56 Å². The number of hydrogen-bond acceptors (Lipinski definition) is 7. The third-order valence-electron chi connectivity index (χ3n) is 6.12. The summed E-state index contributed by atoms with van der Waals surface area (Å²) in [5.41, 5.74) is 1.96. The van der Waals surface area contributed by atoms with Crippen LogP contribution < -0.4 is 20.9 Å². The first-order chi connectivity index (χ1) is 16.9. The molecule has 5 rings (SSSR count). The number of thioether (sulfide) groups is 1. The maximum absolute atomic E-state index is 13.1. The Hall–Kier alpha value is -3.92. The van der Waals surface area contributed by atoms with Crippen molar-refractivity contribution in [3.8, 4) is 17.1 Å². The van der Waals surface area contributed by atoms with Crippen LogP contribution in [0.5, 0.6) is 5.75 Å². The zero-order valence-electron chi connectivity index (χ0n) is 19.5. The third-order valence-corrected chi connectivity index (χ3v) is 7.08. The summed E-state index contributed by atoms with van der Waals surface area (Å²) in [4.78, 5) is 49.8. The molecule has 0 fully saturated rings. The van der Waals surface area contributed by atoms with E-state index in [2.05, 4.69) is 9.97 Å². The lowest BCUT2D eigenvalue weighted by Crippen LogP contribution is -2.37. The molecule has 0 radical (unpaired) electrons. The minimum atomic E-state index is -0.498. The number of amides is 1. The van der Waals surface area contributed by atoms with E-state index in [-0.39, 0.29) is 22.7 Å². The molecule has 10 heteroatoms. The van der Waals surface area contributed by atoms with Gasteiger partial charge < -0.3 is 9.64 Å². The highest BCUT2D eigenvalue weighted by molar-refractivity contribution is 8.00. The lowest BCUT2D eigenvalue weighted by molar-refractivity contribution is -0.116. The zero-order valence-corrected chi connectivity index (χ0v) is 20.3. The van der Waals surface area contributed by atoms with Crippen LogP contribution in [0, 0.1) is 0 Å². The van der Waals surface area contributed by atoms with Crippen molar-refractivity contribution in [2.75, 3.05) is 24.3 Å². The van der Waals surface area contributed by atoms with E-state index in [1.54, 1.807) is 31.2 Å². The van der Waals surface area contributed by atoms with Crippen molar-refractivity contribution < 1.29 is 9.53 Å². The summed E-state index contributed by atoms with van der Waals surface area (Å²) in [5, 5.41) is 0.561. The molecular formula is C25H23N5O4S. The second-order valence-electron chi connectivity index (χ2n) is 8.20. The molecule has 0 aliphatic carbocycles. The van der Waals surface area contributed by atoms with Crippen LogP contribution in [0.4, 0.5) is 5.69 Å². The molecule has 1 aliphatic heterocycles. The molecule has 9 nitrogen and oxygen atoms in total. The van der Waals surface area contributed by atoms with E-state index < -0.39 is 11.2 Å². The van der Waals surface area contributed by atoms with Crippen LogP contribution in [0.2, 0.25) is 0 Å². The smallest absolute Gasteiger partial charge is 0.332 e. The van der Waals surface area contributed by atoms with Gasteiger partial charge in [0.1, 0.15) is 16.2 Å². The number of nitrogens with zero attached hydrogens (tertiary/aromatic N) is 5. The Bertz CT molecular complexity index is 1590. The highest BCUT2D eigenvalue weighted by Gasteiger charge is 2.25. The van der Waals surface area contributed by atoms with Crippen LogP contribution in [0.25, 0.3) is 22.4 Å². The monoisotopic (exact) mass is 489 g/mol. The van der Waals surface area contributed by atoms with Gasteiger partial charge in [-0.3, -0.25) is 18.7 Å². The summed E-state index contributed by atoms with van der Waals surface area (Å²) in [6, 6.07) is 15.1. The Labute approximate surface area is 205 Å². The predicted octanol–water partition coefficient (Wildman–Crippen LogP) is 2.38. The summed E-state index contributed by atoms with van der Waals surface area (Å²) in [6.45, 7) is 0.620. The van der Waals surface area contributed by atoms with Crippen molar-refractivity contribution in [3.63, 3.8) is 0 Å². The Kier molecular flexibility index (Phi) is 5.89. The Morgan fingerprint density at radius 1 is 1.06 bits per heavy atom. The number of para-hydroxylation sites is 1. The molecular weight excluding hydrogens is 466 g/mol. The van der Waals surface area contributed by atoms with Gasteiger partial charge in [-0.15, -0.1) is 0 Å². The number of carbonyl (C=O) groups is 1. The minimum Gasteiger partial charge on any atom is -0.497 e. The van der Waals surface area contributed by atoms with Crippen LogP contribution in [0.1, 0.15) is 5.56 Å². The average Bonchev–Trinajstić information content (AvgIpc) is 3.33. The number of rotatable bonds is 5.